The molecule has 0 aliphatic carbocycles. The number of ketones is 1. The van der Waals surface area contributed by atoms with Crippen molar-refractivity contribution in [1.82, 2.24) is 46.4 Å². The number of rotatable bonds is 18. The van der Waals surface area contributed by atoms with Crippen molar-refractivity contribution in [3.8, 4) is 33.5 Å². The highest BCUT2D eigenvalue weighted by Gasteiger charge is 2.53. The van der Waals surface area contributed by atoms with E-state index in [2.05, 4.69) is 48.1 Å². The van der Waals surface area contributed by atoms with Gasteiger partial charge < -0.3 is 45.2 Å². The number of fused-ring (bicyclic) bond motifs is 4. The van der Waals surface area contributed by atoms with Crippen molar-refractivity contribution >= 4 is 56.2 Å². The number of aryl methyl sites for hydroxylation is 2. The number of carbonyl (C=O) groups excluding carboxylic acids is 2. The number of anilines is 2. The van der Waals surface area contributed by atoms with Gasteiger partial charge in [-0.3, -0.25) is 19.9 Å². The van der Waals surface area contributed by atoms with Gasteiger partial charge in [-0.1, -0.05) is 68.4 Å². The molecular formula is C61H72FN11O6S. The molecule has 8 atom stereocenters. The number of phenolic OH excluding ortho intramolecular Hbond substituents is 1. The number of phenols is 1. The fraction of sp³-hybridized carbons (Fsp3) is 0.492. The maximum absolute atomic E-state index is 17.3. The second-order valence-corrected chi connectivity index (χ2v) is 24.5. The number of halogens is 1. The zero-order chi connectivity index (χ0) is 55.5. The first kappa shape index (κ1) is 54.0. The van der Waals surface area contributed by atoms with E-state index in [1.165, 1.54) is 0 Å². The van der Waals surface area contributed by atoms with Crippen molar-refractivity contribution in [1.29, 1.82) is 0 Å². The van der Waals surface area contributed by atoms with Gasteiger partial charge in [0.25, 0.3) is 0 Å². The highest BCUT2D eigenvalue weighted by atomic mass is 32.1. The van der Waals surface area contributed by atoms with E-state index >= 15 is 4.39 Å². The number of aromatic hydroxyl groups is 1. The highest BCUT2D eigenvalue weighted by molar-refractivity contribution is 7.13. The third-order valence-electron chi connectivity index (χ3n) is 17.8. The van der Waals surface area contributed by atoms with Crippen LogP contribution in [0, 0.1) is 18.7 Å². The predicted molar refractivity (Wildman–Crippen MR) is 308 cm³/mol. The van der Waals surface area contributed by atoms with Crippen molar-refractivity contribution in [3.63, 3.8) is 0 Å². The summed E-state index contributed by atoms with van der Waals surface area (Å²) in [5.41, 5.74) is 4.92. The van der Waals surface area contributed by atoms with Gasteiger partial charge in [0.05, 0.1) is 46.4 Å². The number of piperazine rings is 1. The Balaban J connectivity index is 0.728. The highest BCUT2D eigenvalue weighted by Crippen LogP contribution is 2.43. The molecule has 2 bridgehead atoms. The lowest BCUT2D eigenvalue weighted by molar-refractivity contribution is -0.138. The molecule has 9 heterocycles. The van der Waals surface area contributed by atoms with E-state index in [9.17, 15) is 19.8 Å². The Bertz CT molecular complexity index is 3430. The Morgan fingerprint density at radius 2 is 1.85 bits per heavy atom. The molecule has 5 fully saturated rings. The first-order valence-electron chi connectivity index (χ1n) is 28.6. The van der Waals surface area contributed by atoms with Crippen LogP contribution >= 0.6 is 11.3 Å². The van der Waals surface area contributed by atoms with E-state index in [1.807, 2.05) is 75.7 Å². The summed E-state index contributed by atoms with van der Waals surface area (Å²) in [5.74, 6) is 0.224. The molecule has 7 aromatic rings. The number of Topliss-reactive ketones (excluding diaryl/α,β-unsaturated/α-hetero) is 1. The van der Waals surface area contributed by atoms with E-state index in [4.69, 9.17) is 24.2 Å². The molecule has 0 spiro atoms. The van der Waals surface area contributed by atoms with Gasteiger partial charge in [0, 0.05) is 80.4 Å². The number of hydrogen-bond donors (Lipinski definition) is 6. The average Bonchev–Trinajstić information content (AvgIpc) is 4.31. The van der Waals surface area contributed by atoms with Crippen LogP contribution in [-0.4, -0.2) is 122 Å². The fourth-order valence-electron chi connectivity index (χ4n) is 13.4. The second-order valence-electron chi connectivity index (χ2n) is 23.7. The van der Waals surface area contributed by atoms with Crippen LogP contribution in [0.25, 0.3) is 43.4 Å². The minimum absolute atomic E-state index is 0.0231. The minimum Gasteiger partial charge on any atom is -0.508 e. The lowest BCUT2D eigenvalue weighted by Gasteiger charge is -2.45. The Morgan fingerprint density at radius 1 is 1.04 bits per heavy atom. The van der Waals surface area contributed by atoms with Crippen LogP contribution < -0.4 is 35.8 Å². The molecule has 5 saturated heterocycles. The third-order valence-corrected chi connectivity index (χ3v) is 18.8. The molecule has 17 nitrogen and oxygen atoms in total. The third kappa shape index (κ3) is 10.3. The summed E-state index contributed by atoms with van der Waals surface area (Å²) in [5, 5.41) is 41.8. The molecule has 4 aromatic heterocycles. The molecule has 12 rings (SSSR count). The molecule has 5 aliphatic rings. The second kappa shape index (κ2) is 22.0. The fourth-order valence-corrected chi connectivity index (χ4v) is 14.2. The van der Waals surface area contributed by atoms with Crippen LogP contribution in [0.2, 0.25) is 0 Å². The van der Waals surface area contributed by atoms with Crippen LogP contribution in [-0.2, 0) is 21.4 Å². The monoisotopic (exact) mass is 1110 g/mol. The van der Waals surface area contributed by atoms with Crippen molar-refractivity contribution < 1.29 is 33.5 Å². The molecule has 3 aromatic carbocycles. The number of hydrogen-bond acceptors (Lipinski definition) is 17. The molecule has 6 unspecified atom stereocenters. The van der Waals surface area contributed by atoms with Crippen LogP contribution in [0.4, 0.5) is 15.9 Å². The maximum Gasteiger partial charge on any atom is 0.319 e. The maximum atomic E-state index is 17.3. The van der Waals surface area contributed by atoms with Gasteiger partial charge in [-0.2, -0.15) is 9.97 Å². The van der Waals surface area contributed by atoms with Crippen molar-refractivity contribution in [2.24, 2.45) is 5.92 Å². The Kier molecular flexibility index (Phi) is 14.9. The molecular weight excluding hydrogens is 1030 g/mol. The Hall–Kier alpha value is -6.64. The van der Waals surface area contributed by atoms with Gasteiger partial charge in [0.15, 0.2) is 22.9 Å². The number of ether oxygens (including phenoxy) is 1. The van der Waals surface area contributed by atoms with Crippen molar-refractivity contribution in [2.45, 2.75) is 146 Å². The summed E-state index contributed by atoms with van der Waals surface area (Å²) < 4.78 is 29.8. The van der Waals surface area contributed by atoms with E-state index in [0.717, 1.165) is 115 Å². The van der Waals surface area contributed by atoms with E-state index in [0.29, 0.717) is 53.6 Å². The first-order valence-corrected chi connectivity index (χ1v) is 29.5. The number of piperidine rings is 1. The van der Waals surface area contributed by atoms with E-state index in [-0.39, 0.29) is 60.2 Å². The SMILES string of the molecule is CCc1cccc2cc(O)cc(-c3ncc4c(N5CC6CCC(C5)N6)nc(OCCC5NCC5CC5CCCCN5c5cnoc5C(C)(C)CC(=O)[C@]5(C(=O)N[C@@H](C)c6ccc(-c7scnc7C)cc6)CC(O)CN5)nc4c3F)c12. The predicted octanol–water partition coefficient (Wildman–Crippen LogP) is 8.63. The molecule has 0 saturated carbocycles. The number of carbonyl (C=O) groups is 2. The van der Waals surface area contributed by atoms with Gasteiger partial charge in [0.2, 0.25) is 5.91 Å². The summed E-state index contributed by atoms with van der Waals surface area (Å²) in [4.78, 5) is 53.6. The largest absolute Gasteiger partial charge is 0.508 e. The Labute approximate surface area is 469 Å². The quantitative estimate of drug-likeness (QED) is 0.0444. The number of aliphatic hydroxyl groups excluding tert-OH is 1. The Morgan fingerprint density at radius 3 is 2.58 bits per heavy atom. The summed E-state index contributed by atoms with van der Waals surface area (Å²) in [6.45, 7) is 13.4. The lowest BCUT2D eigenvalue weighted by Crippen LogP contribution is -2.60. The topological polar surface area (TPSA) is 216 Å². The van der Waals surface area contributed by atoms with Gasteiger partial charge in [-0.25, -0.2) is 9.37 Å². The molecule has 80 heavy (non-hydrogen) atoms. The number of aromatic nitrogens is 5. The van der Waals surface area contributed by atoms with Crippen LogP contribution in [0.3, 0.4) is 0 Å². The number of amides is 1. The van der Waals surface area contributed by atoms with Crippen molar-refractivity contribution in [3.05, 3.63) is 101 Å². The lowest BCUT2D eigenvalue weighted by atomic mass is 9.77. The summed E-state index contributed by atoms with van der Waals surface area (Å²) in [6, 6.07) is 17.9. The summed E-state index contributed by atoms with van der Waals surface area (Å²) in [7, 11) is 0. The molecule has 1 amide bonds. The average molecular weight is 1110 g/mol. The number of pyridine rings is 1. The summed E-state index contributed by atoms with van der Waals surface area (Å²) in [6.07, 6.45) is 10.1. The zero-order valence-electron chi connectivity index (χ0n) is 46.2. The number of thiazole rings is 1. The molecule has 6 N–H and O–H groups in total. The van der Waals surface area contributed by atoms with Gasteiger partial charge in [0.1, 0.15) is 28.5 Å². The van der Waals surface area contributed by atoms with E-state index < -0.39 is 34.8 Å². The minimum atomic E-state index is -1.62. The summed E-state index contributed by atoms with van der Waals surface area (Å²) >= 11 is 1.58. The molecule has 19 heteroatoms. The molecule has 5 aliphatic heterocycles. The standard InChI is InChI=1S/C61H72FN11O6S/c1-6-36-10-9-11-39-23-44(74)24-46(51(36)39)53-52(62)54-47(29-64-53)57(72-31-41-17-18-42(32-72)69-41)71-59(70-54)78-21-19-48-40(27-63-48)22-43-12-7-8-20-73(43)49-30-67-79-56(49)60(4,5)26-50(76)61(25-45(75)28-66-61)58(77)68-34(2)37-13-15-38(16-14-37)55-35(3)65-33-80-55/h9-11,13-16,23-24,29-30,33-34,40-43,45,48,63,66,69,74-75H,6-8,12,17-22,25-28,31-32H2,1-5H3,(H,68,77)/t34-,40?,41?,42?,43?,45?,48?,61-/m0/s1. The number of nitrogens with zero attached hydrogens (tertiary/aromatic N) is 7. The van der Waals surface area contributed by atoms with Crippen LogP contribution in [0.15, 0.2) is 77.0 Å². The molecule has 420 valence electrons. The van der Waals surface area contributed by atoms with Gasteiger partial charge in [-0.05, 0) is 117 Å². The number of benzene rings is 3. The van der Waals surface area contributed by atoms with Crippen LogP contribution in [0.5, 0.6) is 11.8 Å². The number of aliphatic hydroxyl groups is 1. The zero-order valence-corrected chi connectivity index (χ0v) is 47.0. The van der Waals surface area contributed by atoms with Crippen LogP contribution in [0.1, 0.15) is 114 Å². The normalized spacial score (nSPS) is 24.3. The first-order chi connectivity index (χ1) is 38.7. The number of nitrogens with one attached hydrogen (secondary N) is 4. The van der Waals surface area contributed by atoms with Gasteiger partial charge >= 0.3 is 6.01 Å². The molecule has 0 radical (unpaired) electrons. The smallest absolute Gasteiger partial charge is 0.319 e. The van der Waals surface area contributed by atoms with E-state index in [1.54, 1.807) is 35.9 Å². The van der Waals surface area contributed by atoms with Crippen molar-refractivity contribution in [2.75, 3.05) is 49.1 Å². The van der Waals surface area contributed by atoms with Gasteiger partial charge in [-0.15, -0.1) is 11.3 Å². The number of β-amino-alcohol motifs (C(OH)–C–C–N with tert-alkyl or cyclic N) is 1.